The van der Waals surface area contributed by atoms with Gasteiger partial charge in [0.05, 0.1) is 18.4 Å². The van der Waals surface area contributed by atoms with Gasteiger partial charge in [0.25, 0.3) is 5.91 Å². The van der Waals surface area contributed by atoms with Crippen molar-refractivity contribution in [2.75, 3.05) is 25.2 Å². The number of aryl methyl sites for hydroxylation is 1. The number of hydrogen-bond donors (Lipinski definition) is 3. The summed E-state index contributed by atoms with van der Waals surface area (Å²) in [6.45, 7) is 7.02. The minimum absolute atomic E-state index is 0.0644. The number of carbonyl (C=O) groups excluding carboxylic acids is 3. The van der Waals surface area contributed by atoms with Crippen molar-refractivity contribution in [2.45, 2.75) is 38.6 Å². The predicted molar refractivity (Wildman–Crippen MR) is 113 cm³/mol. The average molecular weight is 403 g/mol. The molecule has 1 amide bonds. The number of likely N-dealkylation sites (N-methyl/N-ethyl adjacent to an activating group) is 1. The van der Waals surface area contributed by atoms with Crippen molar-refractivity contribution in [3.63, 3.8) is 0 Å². The average Bonchev–Trinajstić information content (AvgIpc) is 2.95. The van der Waals surface area contributed by atoms with Gasteiger partial charge in [0.2, 0.25) is 5.78 Å². The molecule has 0 aliphatic rings. The van der Waals surface area contributed by atoms with Crippen LogP contribution in [0.2, 0.25) is 0 Å². The number of ketones is 2. The van der Waals surface area contributed by atoms with Crippen molar-refractivity contribution in [3.8, 4) is 0 Å². The van der Waals surface area contributed by atoms with Crippen molar-refractivity contribution < 1.29 is 19.3 Å². The molecule has 1 unspecified atom stereocenters. The number of quaternary nitrogens is 1. The third kappa shape index (κ3) is 4.72. The van der Waals surface area contributed by atoms with Crippen LogP contribution in [0.25, 0.3) is 0 Å². The van der Waals surface area contributed by atoms with Gasteiger partial charge in [-0.3, -0.25) is 14.4 Å². The molecule has 1 heterocycles. The molecular formula is C21H28N3O3S+. The zero-order chi connectivity index (χ0) is 21.0. The highest BCUT2D eigenvalue weighted by molar-refractivity contribution is 7.98. The topological polar surface area (TPSA) is 83.5 Å². The van der Waals surface area contributed by atoms with E-state index in [0.717, 1.165) is 15.5 Å². The van der Waals surface area contributed by atoms with Crippen molar-refractivity contribution in [1.29, 1.82) is 0 Å². The van der Waals surface area contributed by atoms with Gasteiger partial charge in [-0.25, -0.2) is 0 Å². The fraction of sp³-hybridized carbons (Fsp3) is 0.381. The van der Waals surface area contributed by atoms with E-state index in [0.29, 0.717) is 22.5 Å². The van der Waals surface area contributed by atoms with Crippen LogP contribution in [-0.2, 0) is 4.79 Å². The van der Waals surface area contributed by atoms with Gasteiger partial charge in [0, 0.05) is 16.2 Å². The Morgan fingerprint density at radius 3 is 2.43 bits per heavy atom. The van der Waals surface area contributed by atoms with Crippen LogP contribution in [0.15, 0.2) is 29.2 Å². The number of nitrogens with one attached hydrogen (secondary N) is 3. The number of hydrogen-bond acceptors (Lipinski definition) is 4. The molecule has 1 aromatic carbocycles. The molecule has 28 heavy (non-hydrogen) atoms. The molecule has 2 aromatic rings. The van der Waals surface area contributed by atoms with Crippen molar-refractivity contribution >= 4 is 34.9 Å². The van der Waals surface area contributed by atoms with Crippen molar-refractivity contribution in [3.05, 3.63) is 46.8 Å². The van der Waals surface area contributed by atoms with Crippen LogP contribution in [0, 0.1) is 13.8 Å². The number of H-pyrrole nitrogens is 1. The number of aromatic amines is 1. The molecule has 0 fully saturated rings. The molecular weight excluding hydrogens is 374 g/mol. The third-order valence-corrected chi connectivity index (χ3v) is 5.78. The summed E-state index contributed by atoms with van der Waals surface area (Å²) in [5.74, 6) is -0.323. The van der Waals surface area contributed by atoms with E-state index in [9.17, 15) is 14.4 Å². The van der Waals surface area contributed by atoms with E-state index >= 15 is 0 Å². The predicted octanol–water partition coefficient (Wildman–Crippen LogP) is 2.28. The van der Waals surface area contributed by atoms with Gasteiger partial charge in [-0.05, 0) is 51.6 Å². The van der Waals surface area contributed by atoms with Crippen LogP contribution in [0.3, 0.4) is 0 Å². The van der Waals surface area contributed by atoms with Crippen LogP contribution in [0.4, 0.5) is 5.69 Å². The minimum Gasteiger partial charge on any atom is -0.355 e. The highest BCUT2D eigenvalue weighted by Gasteiger charge is 2.29. The van der Waals surface area contributed by atoms with Crippen LogP contribution < -0.4 is 10.2 Å². The molecule has 0 radical (unpaired) electrons. The number of benzene rings is 1. The molecule has 0 saturated heterocycles. The van der Waals surface area contributed by atoms with Gasteiger partial charge in [-0.15, -0.1) is 11.8 Å². The summed E-state index contributed by atoms with van der Waals surface area (Å²) >= 11 is 1.56. The number of rotatable bonds is 8. The first-order valence-electron chi connectivity index (χ1n) is 9.16. The molecule has 7 heteroatoms. The fourth-order valence-corrected chi connectivity index (χ4v) is 3.87. The molecule has 2 rings (SSSR count). The largest absolute Gasteiger partial charge is 0.355 e. The van der Waals surface area contributed by atoms with E-state index < -0.39 is 6.04 Å². The number of amides is 1. The number of para-hydroxylation sites is 1. The zero-order valence-corrected chi connectivity index (χ0v) is 18.0. The molecule has 0 aliphatic carbocycles. The summed E-state index contributed by atoms with van der Waals surface area (Å²) < 4.78 is 0. The molecule has 3 N–H and O–H groups in total. The number of thioether (sulfide) groups is 1. The fourth-order valence-electron chi connectivity index (χ4n) is 3.31. The monoisotopic (exact) mass is 402 g/mol. The first-order chi connectivity index (χ1) is 13.2. The molecule has 2 atom stereocenters. The maximum absolute atomic E-state index is 12.9. The summed E-state index contributed by atoms with van der Waals surface area (Å²) in [6, 6.07) is 7.18. The summed E-state index contributed by atoms with van der Waals surface area (Å²) in [5.41, 5.74) is 3.16. The van der Waals surface area contributed by atoms with E-state index in [1.165, 1.54) is 6.92 Å². The Balaban J connectivity index is 2.09. The Morgan fingerprint density at radius 1 is 1.21 bits per heavy atom. The second-order valence-electron chi connectivity index (χ2n) is 7.04. The van der Waals surface area contributed by atoms with E-state index in [1.807, 2.05) is 37.6 Å². The SMILES string of the molecule is CSc1ccccc1NC(=O)C[NH+](C)[C@@H](C)C(=O)c1[nH]c(C)c(C(C)=O)c1C. The summed E-state index contributed by atoms with van der Waals surface area (Å²) in [5, 5.41) is 2.92. The van der Waals surface area contributed by atoms with Crippen LogP contribution in [0.5, 0.6) is 0 Å². The number of anilines is 1. The van der Waals surface area contributed by atoms with Crippen LogP contribution >= 0.6 is 11.8 Å². The highest BCUT2D eigenvalue weighted by Crippen LogP contribution is 2.24. The lowest BCUT2D eigenvalue weighted by atomic mass is 10.0. The second-order valence-corrected chi connectivity index (χ2v) is 7.89. The molecule has 0 aliphatic heterocycles. The lowest BCUT2D eigenvalue weighted by molar-refractivity contribution is -0.885. The minimum atomic E-state index is -0.432. The first kappa shape index (κ1) is 21.9. The van der Waals surface area contributed by atoms with Crippen molar-refractivity contribution in [2.24, 2.45) is 0 Å². The van der Waals surface area contributed by atoms with Crippen LogP contribution in [0.1, 0.15) is 46.0 Å². The second kappa shape index (κ2) is 9.21. The maximum Gasteiger partial charge on any atom is 0.279 e. The smallest absolute Gasteiger partial charge is 0.279 e. The summed E-state index contributed by atoms with van der Waals surface area (Å²) in [6.07, 6.45) is 1.96. The highest BCUT2D eigenvalue weighted by atomic mass is 32.2. The lowest BCUT2D eigenvalue weighted by Crippen LogP contribution is -3.14. The Labute approximate surface area is 170 Å². The Bertz CT molecular complexity index is 904. The Hall–Kier alpha value is -2.38. The molecule has 150 valence electrons. The van der Waals surface area contributed by atoms with Crippen molar-refractivity contribution in [1.82, 2.24) is 4.98 Å². The number of carbonyl (C=O) groups is 3. The number of aromatic nitrogens is 1. The molecule has 0 spiro atoms. The van der Waals surface area contributed by atoms with Gasteiger partial charge in [-0.1, -0.05) is 12.1 Å². The Morgan fingerprint density at radius 2 is 1.86 bits per heavy atom. The van der Waals surface area contributed by atoms with Gasteiger partial charge in [-0.2, -0.15) is 0 Å². The lowest BCUT2D eigenvalue weighted by Gasteiger charge is -2.20. The maximum atomic E-state index is 12.9. The van der Waals surface area contributed by atoms with E-state index in [1.54, 1.807) is 32.5 Å². The van der Waals surface area contributed by atoms with Gasteiger partial charge in [0.15, 0.2) is 18.4 Å². The third-order valence-electron chi connectivity index (χ3n) is 4.99. The van der Waals surface area contributed by atoms with E-state index in [2.05, 4.69) is 10.3 Å². The summed E-state index contributed by atoms with van der Waals surface area (Å²) in [7, 11) is 1.82. The normalized spacial score (nSPS) is 13.1. The summed E-state index contributed by atoms with van der Waals surface area (Å²) in [4.78, 5) is 42.0. The standard InChI is InChI=1S/C21H27N3O3S/c1-12-19(15(4)25)13(2)22-20(12)21(27)14(3)24(5)11-18(26)23-16-9-7-8-10-17(16)28-6/h7-10,14,22H,11H2,1-6H3,(H,23,26)/p+1/t14-/m0/s1. The van der Waals surface area contributed by atoms with Gasteiger partial charge in [0.1, 0.15) is 0 Å². The van der Waals surface area contributed by atoms with Crippen LogP contribution in [-0.4, -0.2) is 48.3 Å². The molecule has 6 nitrogen and oxygen atoms in total. The molecule has 0 bridgehead atoms. The first-order valence-corrected chi connectivity index (χ1v) is 10.4. The van der Waals surface area contributed by atoms with E-state index in [-0.39, 0.29) is 24.0 Å². The zero-order valence-electron chi connectivity index (χ0n) is 17.2. The quantitative estimate of drug-likeness (QED) is 0.467. The number of Topliss-reactive ketones (excluding diaryl/α,β-unsaturated/α-hetero) is 2. The van der Waals surface area contributed by atoms with Gasteiger partial charge < -0.3 is 15.2 Å². The molecule has 0 saturated carbocycles. The molecule has 1 aromatic heterocycles. The van der Waals surface area contributed by atoms with E-state index in [4.69, 9.17) is 0 Å². The Kier molecular flexibility index (Phi) is 7.21. The van der Waals surface area contributed by atoms with Gasteiger partial charge >= 0.3 is 0 Å².